The molecular formula is C13H28N2O2. The van der Waals surface area contributed by atoms with E-state index in [0.717, 1.165) is 39.1 Å². The van der Waals surface area contributed by atoms with E-state index in [1.807, 2.05) is 0 Å². The monoisotopic (exact) mass is 244 g/mol. The first-order chi connectivity index (χ1) is 8.17. The number of nitrogens with zero attached hydrogens (tertiary/aromatic N) is 1. The molecular weight excluding hydrogens is 216 g/mol. The molecule has 0 aliphatic carbocycles. The topological polar surface area (TPSA) is 58.7 Å². The molecule has 0 bridgehead atoms. The van der Waals surface area contributed by atoms with Crippen LogP contribution in [0.3, 0.4) is 0 Å². The molecule has 1 unspecified atom stereocenters. The second-order valence-corrected chi connectivity index (χ2v) is 5.15. The summed E-state index contributed by atoms with van der Waals surface area (Å²) in [7, 11) is 0. The average Bonchev–Trinajstić information content (AvgIpc) is 2.29. The predicted octanol–water partition coefficient (Wildman–Crippen LogP) is 0.833. The molecule has 0 radical (unpaired) electrons. The van der Waals surface area contributed by atoms with Crippen LogP contribution in [0.5, 0.6) is 0 Å². The summed E-state index contributed by atoms with van der Waals surface area (Å²) in [5, 5.41) is 9.90. The van der Waals surface area contributed by atoms with Crippen molar-refractivity contribution >= 4 is 0 Å². The molecule has 0 spiro atoms. The largest absolute Gasteiger partial charge is 0.391 e. The highest BCUT2D eigenvalue weighted by Crippen LogP contribution is 2.17. The van der Waals surface area contributed by atoms with Crippen LogP contribution in [0.15, 0.2) is 0 Å². The number of aliphatic hydroxyl groups excluding tert-OH is 1. The number of nitrogens with two attached hydrogens (primary N) is 1. The van der Waals surface area contributed by atoms with Crippen molar-refractivity contribution in [1.29, 1.82) is 0 Å². The van der Waals surface area contributed by atoms with E-state index in [0.29, 0.717) is 6.54 Å². The van der Waals surface area contributed by atoms with Gasteiger partial charge in [0.1, 0.15) is 0 Å². The molecule has 1 rings (SSSR count). The van der Waals surface area contributed by atoms with Crippen LogP contribution in [0.25, 0.3) is 0 Å². The Balaban J connectivity index is 2.19. The van der Waals surface area contributed by atoms with E-state index >= 15 is 0 Å². The van der Waals surface area contributed by atoms with Crippen molar-refractivity contribution in [3.63, 3.8) is 0 Å². The van der Waals surface area contributed by atoms with E-state index in [1.54, 1.807) is 0 Å². The van der Waals surface area contributed by atoms with Gasteiger partial charge in [-0.05, 0) is 38.8 Å². The van der Waals surface area contributed by atoms with Crippen molar-refractivity contribution in [3.8, 4) is 0 Å². The van der Waals surface area contributed by atoms with Crippen LogP contribution in [0.2, 0.25) is 0 Å². The van der Waals surface area contributed by atoms with Gasteiger partial charge < -0.3 is 15.6 Å². The molecule has 0 aromatic carbocycles. The molecule has 0 saturated carbocycles. The number of β-amino-alcohol motifs (C(OH)–C–C–N with tert-alkyl or cyclic N) is 1. The van der Waals surface area contributed by atoms with Gasteiger partial charge >= 0.3 is 0 Å². The molecule has 1 saturated heterocycles. The van der Waals surface area contributed by atoms with Crippen LogP contribution in [-0.2, 0) is 4.74 Å². The molecule has 4 heteroatoms. The number of piperidine rings is 1. The van der Waals surface area contributed by atoms with Gasteiger partial charge in [-0.3, -0.25) is 4.90 Å². The highest BCUT2D eigenvalue weighted by molar-refractivity contribution is 4.81. The van der Waals surface area contributed by atoms with Gasteiger partial charge in [-0.15, -0.1) is 0 Å². The molecule has 4 nitrogen and oxygen atoms in total. The lowest BCUT2D eigenvalue weighted by molar-refractivity contribution is -0.0114. The second-order valence-electron chi connectivity index (χ2n) is 5.15. The molecule has 0 aromatic heterocycles. The van der Waals surface area contributed by atoms with Gasteiger partial charge in [0.25, 0.3) is 0 Å². The van der Waals surface area contributed by atoms with Crippen molar-refractivity contribution in [2.45, 2.75) is 45.3 Å². The first-order valence-corrected chi connectivity index (χ1v) is 6.89. The molecule has 1 aliphatic heterocycles. The van der Waals surface area contributed by atoms with E-state index in [-0.39, 0.29) is 18.1 Å². The summed E-state index contributed by atoms with van der Waals surface area (Å²) >= 11 is 0. The summed E-state index contributed by atoms with van der Waals surface area (Å²) < 4.78 is 5.73. The fraction of sp³-hybridized carbons (Fsp3) is 1.00. The van der Waals surface area contributed by atoms with Crippen molar-refractivity contribution in [1.82, 2.24) is 4.90 Å². The molecule has 0 aromatic rings. The third-order valence-corrected chi connectivity index (χ3v) is 3.52. The molecule has 1 heterocycles. The molecule has 17 heavy (non-hydrogen) atoms. The van der Waals surface area contributed by atoms with E-state index in [2.05, 4.69) is 18.7 Å². The summed E-state index contributed by atoms with van der Waals surface area (Å²) in [6.07, 6.45) is 3.29. The third-order valence-electron chi connectivity index (χ3n) is 3.52. The maximum absolute atomic E-state index is 9.90. The smallest absolute Gasteiger partial charge is 0.0707 e. The normalized spacial score (nSPS) is 28.2. The minimum absolute atomic E-state index is 0.253. The zero-order chi connectivity index (χ0) is 12.7. The summed E-state index contributed by atoms with van der Waals surface area (Å²) in [5.74, 6) is 0.280. The Morgan fingerprint density at radius 3 is 2.88 bits per heavy atom. The average molecular weight is 244 g/mol. The molecule has 3 N–H and O–H groups in total. The Morgan fingerprint density at radius 2 is 2.29 bits per heavy atom. The second kappa shape index (κ2) is 8.03. The lowest BCUT2D eigenvalue weighted by Gasteiger charge is -2.36. The van der Waals surface area contributed by atoms with Crippen molar-refractivity contribution in [3.05, 3.63) is 0 Å². The van der Waals surface area contributed by atoms with Crippen molar-refractivity contribution in [2.75, 3.05) is 32.8 Å². The van der Waals surface area contributed by atoms with Crippen LogP contribution in [0, 0.1) is 5.92 Å². The highest BCUT2D eigenvalue weighted by Gasteiger charge is 2.27. The van der Waals surface area contributed by atoms with Gasteiger partial charge in [0.05, 0.1) is 12.2 Å². The van der Waals surface area contributed by atoms with Gasteiger partial charge in [0, 0.05) is 19.7 Å². The van der Waals surface area contributed by atoms with Crippen LogP contribution >= 0.6 is 0 Å². The van der Waals surface area contributed by atoms with E-state index < -0.39 is 0 Å². The van der Waals surface area contributed by atoms with Crippen molar-refractivity contribution in [2.24, 2.45) is 11.7 Å². The number of likely N-dealkylation sites (tertiary alicyclic amines) is 1. The zero-order valence-electron chi connectivity index (χ0n) is 11.3. The SMILES string of the molecule is CCCCOC(C)CN1CC[C@@H](CN)[C@H](O)C1. The van der Waals surface area contributed by atoms with E-state index in [9.17, 15) is 5.11 Å². The number of hydrogen-bond donors (Lipinski definition) is 2. The maximum atomic E-state index is 9.90. The van der Waals surface area contributed by atoms with E-state index in [4.69, 9.17) is 10.5 Å². The Kier molecular flexibility index (Phi) is 7.04. The Morgan fingerprint density at radius 1 is 1.53 bits per heavy atom. The van der Waals surface area contributed by atoms with E-state index in [1.165, 1.54) is 6.42 Å². The Labute approximate surface area is 105 Å². The van der Waals surface area contributed by atoms with Gasteiger partial charge in [0.15, 0.2) is 0 Å². The summed E-state index contributed by atoms with van der Waals surface area (Å²) in [6, 6.07) is 0. The predicted molar refractivity (Wildman–Crippen MR) is 69.9 cm³/mol. The van der Waals surface area contributed by atoms with Crippen LogP contribution < -0.4 is 5.73 Å². The lowest BCUT2D eigenvalue weighted by Crippen LogP contribution is -2.48. The number of aliphatic hydroxyl groups is 1. The van der Waals surface area contributed by atoms with Gasteiger partial charge in [-0.25, -0.2) is 0 Å². The van der Waals surface area contributed by atoms with Crippen LogP contribution in [0.4, 0.5) is 0 Å². The maximum Gasteiger partial charge on any atom is 0.0707 e. The summed E-state index contributed by atoms with van der Waals surface area (Å²) in [5.41, 5.74) is 5.62. The number of unbranched alkanes of at least 4 members (excludes halogenated alkanes) is 1. The first kappa shape index (κ1) is 14.9. The van der Waals surface area contributed by atoms with Crippen LogP contribution in [-0.4, -0.2) is 55.0 Å². The lowest BCUT2D eigenvalue weighted by atomic mass is 9.94. The quantitative estimate of drug-likeness (QED) is 0.651. The van der Waals surface area contributed by atoms with Gasteiger partial charge in [-0.2, -0.15) is 0 Å². The van der Waals surface area contributed by atoms with Gasteiger partial charge in [-0.1, -0.05) is 13.3 Å². The number of ether oxygens (including phenoxy) is 1. The highest BCUT2D eigenvalue weighted by atomic mass is 16.5. The molecule has 1 fully saturated rings. The fourth-order valence-electron chi connectivity index (χ4n) is 2.33. The zero-order valence-corrected chi connectivity index (χ0v) is 11.3. The minimum atomic E-state index is -0.267. The minimum Gasteiger partial charge on any atom is -0.391 e. The molecule has 102 valence electrons. The fourth-order valence-corrected chi connectivity index (χ4v) is 2.33. The molecule has 0 amide bonds. The third kappa shape index (κ3) is 5.34. The Bertz CT molecular complexity index is 202. The number of rotatable bonds is 7. The van der Waals surface area contributed by atoms with Gasteiger partial charge in [0.2, 0.25) is 0 Å². The summed E-state index contributed by atoms with van der Waals surface area (Å²) in [6.45, 7) is 8.40. The number of hydrogen-bond acceptors (Lipinski definition) is 4. The Hall–Kier alpha value is -0.160. The standard InChI is InChI=1S/C13H28N2O2/c1-3-4-7-17-11(2)9-15-6-5-12(8-14)13(16)10-15/h11-13,16H,3-10,14H2,1-2H3/t11?,12-,13+/m0/s1. The molecule has 3 atom stereocenters. The van der Waals surface area contributed by atoms with Crippen molar-refractivity contribution < 1.29 is 9.84 Å². The summed E-state index contributed by atoms with van der Waals surface area (Å²) in [4.78, 5) is 2.29. The van der Waals surface area contributed by atoms with Crippen LogP contribution in [0.1, 0.15) is 33.1 Å². The molecule has 1 aliphatic rings. The first-order valence-electron chi connectivity index (χ1n) is 6.89.